The summed E-state index contributed by atoms with van der Waals surface area (Å²) in [5.74, 6) is 0.537. The largest absolute Gasteiger partial charge is 0.491 e. The average Bonchev–Trinajstić information content (AvgIpc) is 3.10. The highest BCUT2D eigenvalue weighted by Gasteiger charge is 2.29. The quantitative estimate of drug-likeness (QED) is 0.200. The SMILES string of the molecule is CC[C@H](NC(=O)c1c(CN2CCC(N3CCCCC3)CC2)c(-c2ccccc2)nc2cc(OCCO)ccc12)c1ccccc1. The van der Waals surface area contributed by atoms with E-state index < -0.39 is 0 Å². The molecule has 0 aliphatic carbocycles. The van der Waals surface area contributed by atoms with E-state index in [0.29, 0.717) is 29.4 Å². The number of ether oxygens (including phenoxy) is 1. The number of amides is 1. The van der Waals surface area contributed by atoms with Gasteiger partial charge in [-0.1, -0.05) is 74.0 Å². The summed E-state index contributed by atoms with van der Waals surface area (Å²) in [6, 6.07) is 26.7. The third-order valence-corrected chi connectivity index (χ3v) is 9.45. The van der Waals surface area contributed by atoms with Gasteiger partial charge in [0.15, 0.2) is 0 Å². The molecule has 2 saturated heterocycles. The van der Waals surface area contributed by atoms with Gasteiger partial charge < -0.3 is 20.1 Å². The summed E-state index contributed by atoms with van der Waals surface area (Å²) in [5, 5.41) is 13.5. The van der Waals surface area contributed by atoms with Gasteiger partial charge in [0.1, 0.15) is 12.4 Å². The zero-order valence-electron chi connectivity index (χ0n) is 26.5. The number of benzene rings is 3. The van der Waals surface area contributed by atoms with Gasteiger partial charge in [-0.2, -0.15) is 0 Å². The van der Waals surface area contributed by atoms with Gasteiger partial charge in [0, 0.05) is 35.2 Å². The lowest BCUT2D eigenvalue weighted by molar-refractivity contribution is 0.0883. The molecule has 2 N–H and O–H groups in total. The molecule has 1 aromatic heterocycles. The summed E-state index contributed by atoms with van der Waals surface area (Å²) in [6.07, 6.45) is 7.08. The molecular formula is C38H46N4O3. The number of rotatable bonds is 11. The highest BCUT2D eigenvalue weighted by Crippen LogP contribution is 2.34. The minimum Gasteiger partial charge on any atom is -0.491 e. The van der Waals surface area contributed by atoms with E-state index >= 15 is 0 Å². The van der Waals surface area contributed by atoms with Crippen LogP contribution in [0.15, 0.2) is 78.9 Å². The standard InChI is InChI=1S/C38H46N4O3/c1-2-34(28-12-6-3-7-13-28)40-38(44)36-32-17-16-31(45-25-24-43)26-35(32)39-37(29-14-8-4-9-15-29)33(36)27-41-22-18-30(19-23-41)42-20-10-5-11-21-42/h3-4,6-9,12-17,26,30,34,43H,2,5,10-11,18-25,27H2,1H3,(H,40,44)/t34-/m0/s1. The lowest BCUT2D eigenvalue weighted by atomic mass is 9.93. The first-order valence-corrected chi connectivity index (χ1v) is 16.7. The van der Waals surface area contributed by atoms with Gasteiger partial charge in [0.05, 0.1) is 29.4 Å². The number of aliphatic hydroxyl groups excluding tert-OH is 1. The van der Waals surface area contributed by atoms with Crippen LogP contribution >= 0.6 is 0 Å². The van der Waals surface area contributed by atoms with Crippen LogP contribution in [0, 0.1) is 0 Å². The van der Waals surface area contributed by atoms with E-state index in [1.54, 1.807) is 0 Å². The third kappa shape index (κ3) is 7.38. The van der Waals surface area contributed by atoms with Crippen LogP contribution in [0.3, 0.4) is 0 Å². The average molecular weight is 607 g/mol. The number of nitrogens with one attached hydrogen (secondary N) is 1. The number of aromatic nitrogens is 1. The minimum atomic E-state index is -0.109. The van der Waals surface area contributed by atoms with Crippen molar-refractivity contribution in [2.24, 2.45) is 0 Å². The molecule has 3 heterocycles. The normalized spacial score (nSPS) is 17.3. The molecule has 236 valence electrons. The second-order valence-corrected chi connectivity index (χ2v) is 12.4. The maximum absolute atomic E-state index is 14.5. The molecular weight excluding hydrogens is 560 g/mol. The predicted molar refractivity (Wildman–Crippen MR) is 180 cm³/mol. The van der Waals surface area contributed by atoms with E-state index in [2.05, 4.69) is 46.3 Å². The highest BCUT2D eigenvalue weighted by atomic mass is 16.5. The van der Waals surface area contributed by atoms with Gasteiger partial charge in [-0.25, -0.2) is 4.98 Å². The Hall–Kier alpha value is -3.78. The van der Waals surface area contributed by atoms with E-state index in [0.717, 1.165) is 60.1 Å². The van der Waals surface area contributed by atoms with Crippen LogP contribution in [-0.2, 0) is 6.54 Å². The third-order valence-electron chi connectivity index (χ3n) is 9.45. The number of nitrogens with zero attached hydrogens (tertiary/aromatic N) is 3. The number of piperidine rings is 2. The van der Waals surface area contributed by atoms with Crippen molar-refractivity contribution in [2.45, 2.75) is 64.1 Å². The summed E-state index contributed by atoms with van der Waals surface area (Å²) in [7, 11) is 0. The molecule has 0 saturated carbocycles. The number of hydrogen-bond acceptors (Lipinski definition) is 6. The Kier molecular flexibility index (Phi) is 10.4. The van der Waals surface area contributed by atoms with Crippen LogP contribution in [-0.4, -0.2) is 71.2 Å². The zero-order chi connectivity index (χ0) is 31.0. The maximum Gasteiger partial charge on any atom is 0.252 e. The van der Waals surface area contributed by atoms with Crippen LogP contribution < -0.4 is 10.1 Å². The Balaban J connectivity index is 1.40. The summed E-state index contributed by atoms with van der Waals surface area (Å²) in [6.45, 7) is 7.36. The fourth-order valence-electron chi connectivity index (χ4n) is 7.07. The fraction of sp³-hybridized carbons (Fsp3) is 0.421. The molecule has 0 bridgehead atoms. The zero-order valence-corrected chi connectivity index (χ0v) is 26.5. The van der Waals surface area contributed by atoms with Crippen molar-refractivity contribution < 1.29 is 14.6 Å². The molecule has 2 aliphatic rings. The lowest BCUT2D eigenvalue weighted by Gasteiger charge is -2.40. The van der Waals surface area contributed by atoms with Crippen LogP contribution in [0.2, 0.25) is 0 Å². The first-order chi connectivity index (χ1) is 22.1. The first-order valence-electron chi connectivity index (χ1n) is 16.7. The van der Waals surface area contributed by atoms with E-state index in [-0.39, 0.29) is 25.2 Å². The molecule has 1 amide bonds. The van der Waals surface area contributed by atoms with Crippen molar-refractivity contribution in [1.82, 2.24) is 20.1 Å². The number of aliphatic hydroxyl groups is 1. The van der Waals surface area contributed by atoms with Crippen molar-refractivity contribution in [1.29, 1.82) is 0 Å². The monoisotopic (exact) mass is 606 g/mol. The molecule has 2 aliphatic heterocycles. The van der Waals surface area contributed by atoms with Gasteiger partial charge in [0.2, 0.25) is 0 Å². The first kappa shape index (κ1) is 31.2. The number of hydrogen-bond donors (Lipinski definition) is 2. The Labute approximate surface area is 267 Å². The van der Waals surface area contributed by atoms with Crippen molar-refractivity contribution in [3.05, 3.63) is 95.6 Å². The Morgan fingerprint density at radius 2 is 1.67 bits per heavy atom. The van der Waals surface area contributed by atoms with Gasteiger partial charge in [0.25, 0.3) is 5.91 Å². The second-order valence-electron chi connectivity index (χ2n) is 12.4. The molecule has 4 aromatic rings. The molecule has 45 heavy (non-hydrogen) atoms. The van der Waals surface area contributed by atoms with Crippen LogP contribution in [0.1, 0.15) is 73.0 Å². The molecule has 6 rings (SSSR count). The maximum atomic E-state index is 14.5. The summed E-state index contributed by atoms with van der Waals surface area (Å²) in [5.41, 5.74) is 5.27. The number of pyridine rings is 1. The molecule has 0 spiro atoms. The van der Waals surface area contributed by atoms with E-state index in [9.17, 15) is 9.90 Å². The number of likely N-dealkylation sites (tertiary alicyclic amines) is 2. The van der Waals surface area contributed by atoms with Crippen molar-refractivity contribution in [3.8, 4) is 17.0 Å². The molecule has 2 fully saturated rings. The van der Waals surface area contributed by atoms with Crippen molar-refractivity contribution in [2.75, 3.05) is 39.4 Å². The van der Waals surface area contributed by atoms with E-state index in [1.165, 1.54) is 32.4 Å². The molecule has 0 radical (unpaired) electrons. The van der Waals surface area contributed by atoms with Gasteiger partial charge in [-0.05, 0) is 76.0 Å². The minimum absolute atomic E-state index is 0.0698. The fourth-order valence-corrected chi connectivity index (χ4v) is 7.07. The van der Waals surface area contributed by atoms with E-state index in [4.69, 9.17) is 9.72 Å². The smallest absolute Gasteiger partial charge is 0.252 e. The summed E-state index contributed by atoms with van der Waals surface area (Å²) < 4.78 is 5.76. The number of fused-ring (bicyclic) bond motifs is 1. The van der Waals surface area contributed by atoms with Crippen LogP contribution in [0.4, 0.5) is 0 Å². The van der Waals surface area contributed by atoms with Crippen molar-refractivity contribution in [3.63, 3.8) is 0 Å². The summed E-state index contributed by atoms with van der Waals surface area (Å²) >= 11 is 0. The van der Waals surface area contributed by atoms with Gasteiger partial charge in [-0.3, -0.25) is 9.69 Å². The molecule has 3 aromatic carbocycles. The Morgan fingerprint density at radius 3 is 2.36 bits per heavy atom. The Morgan fingerprint density at radius 1 is 0.956 bits per heavy atom. The topological polar surface area (TPSA) is 77.9 Å². The predicted octanol–water partition coefficient (Wildman–Crippen LogP) is 6.60. The van der Waals surface area contributed by atoms with Crippen molar-refractivity contribution >= 4 is 16.8 Å². The molecule has 1 atom stereocenters. The summed E-state index contributed by atoms with van der Waals surface area (Å²) in [4.78, 5) is 25.0. The van der Waals surface area contributed by atoms with Gasteiger partial charge >= 0.3 is 0 Å². The Bertz CT molecular complexity index is 1550. The van der Waals surface area contributed by atoms with Crippen LogP contribution in [0.5, 0.6) is 5.75 Å². The van der Waals surface area contributed by atoms with E-state index in [1.807, 2.05) is 54.6 Å². The molecule has 7 heteroatoms. The second kappa shape index (κ2) is 15.0. The van der Waals surface area contributed by atoms with Crippen LogP contribution in [0.25, 0.3) is 22.2 Å². The number of carbonyl (C=O) groups is 1. The molecule has 7 nitrogen and oxygen atoms in total. The highest BCUT2D eigenvalue weighted by molar-refractivity contribution is 6.09. The number of carbonyl (C=O) groups excluding carboxylic acids is 1. The molecule has 0 unspecified atom stereocenters. The lowest BCUT2D eigenvalue weighted by Crippen LogP contribution is -2.46. The van der Waals surface area contributed by atoms with Gasteiger partial charge in [-0.15, -0.1) is 0 Å².